The lowest BCUT2D eigenvalue weighted by Crippen LogP contribution is -2.18. The second-order valence-electron chi connectivity index (χ2n) is 4.70. The van der Waals surface area contributed by atoms with Gasteiger partial charge in [-0.25, -0.2) is 9.18 Å². The maximum Gasteiger partial charge on any atom is 0.339 e. The molecular weight excluding hydrogens is 277 g/mol. The fourth-order valence-corrected chi connectivity index (χ4v) is 2.07. The van der Waals surface area contributed by atoms with Gasteiger partial charge in [0, 0.05) is 6.54 Å². The monoisotopic (exact) mass is 293 g/mol. The van der Waals surface area contributed by atoms with Gasteiger partial charge < -0.3 is 14.3 Å². The number of furan rings is 1. The minimum Gasteiger partial charge on any atom is -0.494 e. The number of carbonyl (C=O) groups is 1. The lowest BCUT2D eigenvalue weighted by Gasteiger charge is -2.16. The number of hydrogen-bond donors (Lipinski definition) is 1. The average molecular weight is 293 g/mol. The molecular formula is C15H16FNO4. The molecule has 1 heterocycles. The third kappa shape index (κ3) is 3.61. The maximum atomic E-state index is 13.6. The van der Waals surface area contributed by atoms with E-state index in [1.807, 2.05) is 4.90 Å². The van der Waals surface area contributed by atoms with Crippen LogP contribution in [0.15, 0.2) is 34.9 Å². The molecule has 2 aromatic rings. The molecule has 0 aliphatic heterocycles. The van der Waals surface area contributed by atoms with Crippen LogP contribution in [0.5, 0.6) is 5.75 Å². The van der Waals surface area contributed by atoms with Crippen LogP contribution < -0.4 is 4.74 Å². The minimum atomic E-state index is -1.03. The smallest absolute Gasteiger partial charge is 0.339 e. The molecule has 0 aliphatic carbocycles. The van der Waals surface area contributed by atoms with E-state index in [9.17, 15) is 9.18 Å². The molecule has 112 valence electrons. The summed E-state index contributed by atoms with van der Waals surface area (Å²) in [5.74, 6) is -0.880. The molecule has 1 N–H and O–H groups in total. The topological polar surface area (TPSA) is 62.9 Å². The highest BCUT2D eigenvalue weighted by atomic mass is 19.1. The molecule has 0 bridgehead atoms. The summed E-state index contributed by atoms with van der Waals surface area (Å²) in [5.41, 5.74) is 0.905. The zero-order chi connectivity index (χ0) is 15.4. The first kappa shape index (κ1) is 15.1. The third-order valence-electron chi connectivity index (χ3n) is 3.06. The summed E-state index contributed by atoms with van der Waals surface area (Å²) >= 11 is 0. The van der Waals surface area contributed by atoms with Crippen molar-refractivity contribution in [1.29, 1.82) is 0 Å². The van der Waals surface area contributed by atoms with Gasteiger partial charge in [0.15, 0.2) is 11.6 Å². The molecule has 0 radical (unpaired) electrons. The van der Waals surface area contributed by atoms with E-state index in [-0.39, 0.29) is 11.3 Å². The Morgan fingerprint density at radius 3 is 2.76 bits per heavy atom. The summed E-state index contributed by atoms with van der Waals surface area (Å²) in [6.45, 7) is 0.781. The number of methoxy groups -OCH3 is 1. The molecule has 6 heteroatoms. The number of nitrogens with zero attached hydrogens (tertiary/aromatic N) is 1. The molecule has 0 spiro atoms. The predicted molar refractivity (Wildman–Crippen MR) is 73.8 cm³/mol. The Labute approximate surface area is 121 Å². The molecule has 1 aromatic carbocycles. The van der Waals surface area contributed by atoms with Crippen LogP contribution in [0.1, 0.15) is 21.7 Å². The number of aromatic carboxylic acids is 1. The number of ether oxygens (including phenoxy) is 1. The average Bonchev–Trinajstić information content (AvgIpc) is 2.87. The van der Waals surface area contributed by atoms with Gasteiger partial charge in [-0.05, 0) is 30.8 Å². The first-order valence-electron chi connectivity index (χ1n) is 6.32. The highest BCUT2D eigenvalue weighted by Gasteiger charge is 2.15. The second kappa shape index (κ2) is 6.41. The SMILES string of the molecule is COc1ccc(CN(C)Cc2occc2C(=O)O)cc1F. The van der Waals surface area contributed by atoms with E-state index in [2.05, 4.69) is 0 Å². The fourth-order valence-electron chi connectivity index (χ4n) is 2.07. The Morgan fingerprint density at radius 2 is 2.14 bits per heavy atom. The quantitative estimate of drug-likeness (QED) is 0.887. The highest BCUT2D eigenvalue weighted by Crippen LogP contribution is 2.19. The minimum absolute atomic E-state index is 0.141. The Hall–Kier alpha value is -2.34. The molecule has 0 amide bonds. The van der Waals surface area contributed by atoms with Gasteiger partial charge in [-0.2, -0.15) is 0 Å². The standard InChI is InChI=1S/C15H16FNO4/c1-17(9-14-11(15(18)19)5-6-21-14)8-10-3-4-13(20-2)12(16)7-10/h3-7H,8-9H2,1-2H3,(H,18,19). The zero-order valence-corrected chi connectivity index (χ0v) is 11.8. The van der Waals surface area contributed by atoms with E-state index in [1.165, 1.54) is 25.5 Å². The van der Waals surface area contributed by atoms with Crippen molar-refractivity contribution in [2.75, 3.05) is 14.2 Å². The van der Waals surface area contributed by atoms with Gasteiger partial charge >= 0.3 is 5.97 Å². The van der Waals surface area contributed by atoms with Crippen LogP contribution >= 0.6 is 0 Å². The second-order valence-corrected chi connectivity index (χ2v) is 4.70. The summed E-state index contributed by atoms with van der Waals surface area (Å²) in [5, 5.41) is 9.01. The molecule has 0 unspecified atom stereocenters. The Kier molecular flexibility index (Phi) is 4.59. The van der Waals surface area contributed by atoms with Crippen LogP contribution in [0.3, 0.4) is 0 Å². The number of rotatable bonds is 6. The van der Waals surface area contributed by atoms with E-state index in [0.29, 0.717) is 18.8 Å². The van der Waals surface area contributed by atoms with Crippen molar-refractivity contribution in [2.24, 2.45) is 0 Å². The molecule has 21 heavy (non-hydrogen) atoms. The maximum absolute atomic E-state index is 13.6. The Balaban J connectivity index is 2.04. The van der Waals surface area contributed by atoms with Crippen LogP contribution in [0.2, 0.25) is 0 Å². The summed E-state index contributed by atoms with van der Waals surface area (Å²) in [6.07, 6.45) is 1.35. The van der Waals surface area contributed by atoms with Crippen molar-refractivity contribution in [3.63, 3.8) is 0 Å². The van der Waals surface area contributed by atoms with E-state index in [4.69, 9.17) is 14.3 Å². The molecule has 0 atom stereocenters. The molecule has 0 saturated heterocycles. The zero-order valence-electron chi connectivity index (χ0n) is 11.8. The van der Waals surface area contributed by atoms with Gasteiger partial charge in [0.1, 0.15) is 11.3 Å². The molecule has 0 fully saturated rings. The lowest BCUT2D eigenvalue weighted by molar-refractivity contribution is 0.0693. The van der Waals surface area contributed by atoms with Crippen LogP contribution in [-0.4, -0.2) is 30.1 Å². The van der Waals surface area contributed by atoms with Gasteiger partial charge in [0.25, 0.3) is 0 Å². The van der Waals surface area contributed by atoms with Gasteiger partial charge in [-0.3, -0.25) is 4.90 Å². The summed E-state index contributed by atoms with van der Waals surface area (Å²) in [6, 6.07) is 6.14. The van der Waals surface area contributed by atoms with Crippen molar-refractivity contribution in [3.8, 4) is 5.75 Å². The number of carboxylic acids is 1. The Bertz CT molecular complexity index is 638. The number of halogens is 1. The normalized spacial score (nSPS) is 10.9. The van der Waals surface area contributed by atoms with Gasteiger partial charge in [-0.1, -0.05) is 6.07 Å². The van der Waals surface area contributed by atoms with E-state index in [1.54, 1.807) is 19.2 Å². The molecule has 2 rings (SSSR count). The third-order valence-corrected chi connectivity index (χ3v) is 3.06. The summed E-state index contributed by atoms with van der Waals surface area (Å²) in [7, 11) is 3.21. The molecule has 0 saturated carbocycles. The van der Waals surface area contributed by atoms with Gasteiger partial charge in [-0.15, -0.1) is 0 Å². The molecule has 5 nitrogen and oxygen atoms in total. The van der Waals surface area contributed by atoms with Crippen molar-refractivity contribution in [3.05, 3.63) is 53.2 Å². The largest absolute Gasteiger partial charge is 0.494 e. The van der Waals surface area contributed by atoms with Crippen molar-refractivity contribution < 1.29 is 23.4 Å². The molecule has 1 aromatic heterocycles. The Morgan fingerprint density at radius 1 is 1.38 bits per heavy atom. The molecule has 0 aliphatic rings. The van der Waals surface area contributed by atoms with Crippen molar-refractivity contribution in [2.45, 2.75) is 13.1 Å². The number of benzene rings is 1. The van der Waals surface area contributed by atoms with E-state index >= 15 is 0 Å². The fraction of sp³-hybridized carbons (Fsp3) is 0.267. The first-order valence-corrected chi connectivity index (χ1v) is 6.32. The van der Waals surface area contributed by atoms with Crippen molar-refractivity contribution >= 4 is 5.97 Å². The van der Waals surface area contributed by atoms with Crippen LogP contribution in [0.25, 0.3) is 0 Å². The summed E-state index contributed by atoms with van der Waals surface area (Å²) in [4.78, 5) is 12.8. The van der Waals surface area contributed by atoms with Gasteiger partial charge in [0.05, 0.1) is 19.9 Å². The lowest BCUT2D eigenvalue weighted by atomic mass is 10.2. The first-order chi connectivity index (χ1) is 10.0. The van der Waals surface area contributed by atoms with Crippen molar-refractivity contribution in [1.82, 2.24) is 4.90 Å². The number of hydrogen-bond acceptors (Lipinski definition) is 4. The van der Waals surface area contributed by atoms with Crippen LogP contribution in [0, 0.1) is 5.82 Å². The van der Waals surface area contributed by atoms with E-state index < -0.39 is 11.8 Å². The number of carboxylic acid groups (broad SMARTS) is 1. The predicted octanol–water partition coefficient (Wildman–Crippen LogP) is 2.76. The van der Waals surface area contributed by atoms with Crippen LogP contribution in [-0.2, 0) is 13.1 Å². The van der Waals surface area contributed by atoms with E-state index in [0.717, 1.165) is 5.56 Å². The van der Waals surface area contributed by atoms with Crippen LogP contribution in [0.4, 0.5) is 4.39 Å². The summed E-state index contributed by atoms with van der Waals surface area (Å²) < 4.78 is 23.6. The highest BCUT2D eigenvalue weighted by molar-refractivity contribution is 5.88. The van der Waals surface area contributed by atoms with Gasteiger partial charge in [0.2, 0.25) is 0 Å².